The van der Waals surface area contributed by atoms with Crippen LogP contribution in [-0.4, -0.2) is 16.8 Å². The van der Waals surface area contributed by atoms with Crippen LogP contribution in [0.25, 0.3) is 0 Å². The van der Waals surface area contributed by atoms with Crippen LogP contribution in [0.1, 0.15) is 31.4 Å². The van der Waals surface area contributed by atoms with Crippen molar-refractivity contribution in [2.75, 3.05) is 5.75 Å². The van der Waals surface area contributed by atoms with Crippen LogP contribution in [0.5, 0.6) is 0 Å². The van der Waals surface area contributed by atoms with E-state index in [1.165, 1.54) is 12.8 Å². The molecular weight excluding hydrogens is 208 g/mol. The Kier molecular flexibility index (Phi) is 3.89. The summed E-state index contributed by atoms with van der Waals surface area (Å²) in [5.74, 6) is 2.47. The molecule has 1 atom stereocenters. The number of rotatable bonds is 4. The molecule has 1 aromatic heterocycles. The van der Waals surface area contributed by atoms with Crippen LogP contribution in [0.3, 0.4) is 0 Å². The Bertz CT molecular complexity index is 299. The lowest BCUT2D eigenvalue weighted by Gasteiger charge is -2.19. The van der Waals surface area contributed by atoms with Crippen molar-refractivity contribution in [2.24, 2.45) is 0 Å². The molecule has 1 fully saturated rings. The molecule has 0 saturated carbocycles. The van der Waals surface area contributed by atoms with E-state index in [0.717, 1.165) is 24.4 Å². The molecule has 1 saturated heterocycles. The number of ketones is 1. The smallest absolute Gasteiger partial charge is 0.146 e. The van der Waals surface area contributed by atoms with Crippen molar-refractivity contribution in [3.63, 3.8) is 0 Å². The third-order valence-electron chi connectivity index (χ3n) is 2.74. The summed E-state index contributed by atoms with van der Waals surface area (Å²) in [6, 6.07) is 3.80. The quantitative estimate of drug-likeness (QED) is 0.787. The monoisotopic (exact) mass is 224 g/mol. The largest absolute Gasteiger partial charge is 0.469 e. The highest BCUT2D eigenvalue weighted by atomic mass is 32.2. The number of hydrogen-bond acceptors (Lipinski definition) is 3. The second kappa shape index (κ2) is 5.40. The molecular formula is C12H16O2S. The minimum Gasteiger partial charge on any atom is -0.469 e. The van der Waals surface area contributed by atoms with Gasteiger partial charge in [-0.15, -0.1) is 0 Å². The van der Waals surface area contributed by atoms with E-state index in [1.54, 1.807) is 6.26 Å². The van der Waals surface area contributed by atoms with E-state index in [9.17, 15) is 4.79 Å². The zero-order valence-corrected chi connectivity index (χ0v) is 9.59. The van der Waals surface area contributed by atoms with Gasteiger partial charge in [-0.3, -0.25) is 4.79 Å². The maximum Gasteiger partial charge on any atom is 0.146 e. The van der Waals surface area contributed by atoms with Crippen molar-refractivity contribution < 1.29 is 9.21 Å². The van der Waals surface area contributed by atoms with Gasteiger partial charge >= 0.3 is 0 Å². The first-order chi connectivity index (χ1) is 7.36. The summed E-state index contributed by atoms with van der Waals surface area (Å²) in [5.41, 5.74) is 0. The summed E-state index contributed by atoms with van der Waals surface area (Å²) in [4.78, 5) is 11.8. The third-order valence-corrected chi connectivity index (χ3v) is 4.16. The van der Waals surface area contributed by atoms with Gasteiger partial charge in [0.1, 0.15) is 11.5 Å². The molecule has 1 aliphatic heterocycles. The number of hydrogen-bond donors (Lipinski definition) is 0. The molecule has 0 amide bonds. The fourth-order valence-electron chi connectivity index (χ4n) is 1.86. The van der Waals surface area contributed by atoms with E-state index in [2.05, 4.69) is 0 Å². The highest BCUT2D eigenvalue weighted by molar-refractivity contribution is 8.00. The average Bonchev–Trinajstić information content (AvgIpc) is 2.80. The number of thioether (sulfide) groups is 1. The summed E-state index contributed by atoms with van der Waals surface area (Å²) in [6.07, 6.45) is 6.60. The first kappa shape index (κ1) is 10.8. The minimum absolute atomic E-state index is 0.258. The molecule has 2 rings (SSSR count). The highest BCUT2D eigenvalue weighted by Crippen LogP contribution is 2.26. The molecule has 0 N–H and O–H groups in total. The van der Waals surface area contributed by atoms with Gasteiger partial charge in [0.25, 0.3) is 0 Å². The summed E-state index contributed by atoms with van der Waals surface area (Å²) < 4.78 is 5.21. The van der Waals surface area contributed by atoms with E-state index >= 15 is 0 Å². The van der Waals surface area contributed by atoms with Crippen LogP contribution in [0.4, 0.5) is 0 Å². The predicted molar refractivity (Wildman–Crippen MR) is 62.1 cm³/mol. The minimum atomic E-state index is 0.258. The second-order valence-corrected chi connectivity index (χ2v) is 5.21. The lowest BCUT2D eigenvalue weighted by molar-refractivity contribution is -0.118. The van der Waals surface area contributed by atoms with Crippen LogP contribution in [-0.2, 0) is 11.2 Å². The van der Waals surface area contributed by atoms with Gasteiger partial charge in [0.05, 0.1) is 11.5 Å². The Labute approximate surface area is 94.4 Å². The normalized spacial score (nSPS) is 21.5. The zero-order valence-electron chi connectivity index (χ0n) is 8.78. The topological polar surface area (TPSA) is 30.2 Å². The van der Waals surface area contributed by atoms with Gasteiger partial charge in [-0.05, 0) is 30.7 Å². The van der Waals surface area contributed by atoms with Gasteiger partial charge in [-0.1, -0.05) is 6.42 Å². The first-order valence-electron chi connectivity index (χ1n) is 5.53. The van der Waals surface area contributed by atoms with Gasteiger partial charge in [0, 0.05) is 12.8 Å². The van der Waals surface area contributed by atoms with Crippen molar-refractivity contribution in [3.8, 4) is 0 Å². The molecule has 0 spiro atoms. The third kappa shape index (κ3) is 3.13. The van der Waals surface area contributed by atoms with E-state index in [1.807, 2.05) is 23.9 Å². The van der Waals surface area contributed by atoms with Gasteiger partial charge in [-0.2, -0.15) is 11.8 Å². The second-order valence-electron chi connectivity index (χ2n) is 3.90. The number of carbonyl (C=O) groups is 1. The first-order valence-corrected chi connectivity index (χ1v) is 6.58. The van der Waals surface area contributed by atoms with Gasteiger partial charge in [-0.25, -0.2) is 0 Å². The SMILES string of the molecule is O=C(CCc1ccco1)C1CCCCS1. The van der Waals surface area contributed by atoms with E-state index in [0.29, 0.717) is 12.2 Å². The number of furan rings is 1. The van der Waals surface area contributed by atoms with Gasteiger partial charge in [0.15, 0.2) is 0 Å². The lowest BCUT2D eigenvalue weighted by Crippen LogP contribution is -2.21. The van der Waals surface area contributed by atoms with Crippen molar-refractivity contribution in [1.29, 1.82) is 0 Å². The van der Waals surface area contributed by atoms with Gasteiger partial charge in [0.2, 0.25) is 0 Å². The van der Waals surface area contributed by atoms with Crippen LogP contribution in [0.2, 0.25) is 0 Å². The molecule has 1 unspecified atom stereocenters. The maximum atomic E-state index is 11.8. The molecule has 0 bridgehead atoms. The van der Waals surface area contributed by atoms with E-state index in [4.69, 9.17) is 4.42 Å². The molecule has 82 valence electrons. The van der Waals surface area contributed by atoms with E-state index in [-0.39, 0.29) is 5.25 Å². The summed E-state index contributed by atoms with van der Waals surface area (Å²) in [6.45, 7) is 0. The molecule has 3 heteroatoms. The fourth-order valence-corrected chi connectivity index (χ4v) is 3.15. The van der Waals surface area contributed by atoms with Crippen molar-refractivity contribution in [3.05, 3.63) is 24.2 Å². The molecule has 2 nitrogen and oxygen atoms in total. The Morgan fingerprint density at radius 2 is 2.47 bits per heavy atom. The molecule has 0 aliphatic carbocycles. The Morgan fingerprint density at radius 3 is 3.13 bits per heavy atom. The Morgan fingerprint density at radius 1 is 1.53 bits per heavy atom. The van der Waals surface area contributed by atoms with Crippen LogP contribution in [0, 0.1) is 0 Å². The van der Waals surface area contributed by atoms with Crippen LogP contribution in [0.15, 0.2) is 22.8 Å². The summed E-state index contributed by atoms with van der Waals surface area (Å²) >= 11 is 1.83. The molecule has 1 aromatic rings. The van der Waals surface area contributed by atoms with Crippen molar-refractivity contribution in [1.82, 2.24) is 0 Å². The van der Waals surface area contributed by atoms with E-state index < -0.39 is 0 Å². The number of carbonyl (C=O) groups excluding carboxylic acids is 1. The predicted octanol–water partition coefficient (Wildman–Crippen LogP) is 3.07. The Hall–Kier alpha value is -0.700. The van der Waals surface area contributed by atoms with Crippen LogP contribution >= 0.6 is 11.8 Å². The highest BCUT2D eigenvalue weighted by Gasteiger charge is 2.21. The molecule has 2 heterocycles. The summed E-state index contributed by atoms with van der Waals surface area (Å²) in [5, 5.41) is 0.258. The fraction of sp³-hybridized carbons (Fsp3) is 0.583. The molecule has 0 aromatic carbocycles. The number of aryl methyl sites for hydroxylation is 1. The maximum absolute atomic E-state index is 11.8. The average molecular weight is 224 g/mol. The van der Waals surface area contributed by atoms with Crippen molar-refractivity contribution in [2.45, 2.75) is 37.4 Å². The molecule has 0 radical (unpaired) electrons. The van der Waals surface area contributed by atoms with Crippen molar-refractivity contribution >= 4 is 17.5 Å². The number of Topliss-reactive ketones (excluding diaryl/α,β-unsaturated/α-hetero) is 1. The zero-order chi connectivity index (χ0) is 10.5. The standard InChI is InChI=1S/C12H16O2S/c13-11(12-5-1-2-9-15-12)7-6-10-4-3-8-14-10/h3-4,8,12H,1-2,5-7,9H2. The lowest BCUT2D eigenvalue weighted by atomic mass is 10.1. The van der Waals surface area contributed by atoms with Crippen LogP contribution < -0.4 is 0 Å². The Balaban J connectivity index is 1.76. The molecule has 1 aliphatic rings. The summed E-state index contributed by atoms with van der Waals surface area (Å²) in [7, 11) is 0. The molecule has 15 heavy (non-hydrogen) atoms. The van der Waals surface area contributed by atoms with Gasteiger partial charge < -0.3 is 4.42 Å².